The maximum atomic E-state index is 5.70. The molecule has 2 N–H and O–H groups in total. The minimum absolute atomic E-state index is 0.812. The third kappa shape index (κ3) is 1.86. The fraction of sp³-hybridized carbons (Fsp3) is 0.125. The molecule has 2 nitrogen and oxygen atoms in total. The first kappa shape index (κ1) is 10.9. The molecule has 0 bridgehead atoms. The van der Waals surface area contributed by atoms with E-state index < -0.39 is 0 Å². The Morgan fingerprint density at radius 2 is 1.78 bits per heavy atom. The van der Waals surface area contributed by atoms with E-state index in [2.05, 4.69) is 54.1 Å². The van der Waals surface area contributed by atoms with Crippen LogP contribution in [0.3, 0.4) is 0 Å². The van der Waals surface area contributed by atoms with E-state index in [1.54, 1.807) is 0 Å². The van der Waals surface area contributed by atoms with Crippen molar-refractivity contribution in [3.8, 4) is 0 Å². The third-order valence-electron chi connectivity index (χ3n) is 3.36. The fourth-order valence-electron chi connectivity index (χ4n) is 2.33. The minimum Gasteiger partial charge on any atom is -0.399 e. The Labute approximate surface area is 107 Å². The lowest BCUT2D eigenvalue weighted by Crippen LogP contribution is -1.98. The molecular formula is C16H16N2. The lowest BCUT2D eigenvalue weighted by molar-refractivity contribution is 0.837. The zero-order valence-electron chi connectivity index (χ0n) is 10.4. The molecule has 0 fully saturated rings. The van der Waals surface area contributed by atoms with Gasteiger partial charge in [0.15, 0.2) is 0 Å². The SMILES string of the molecule is Cc1cccc2c1ccn2Cc1ccc(N)cc1. The number of aromatic nitrogens is 1. The van der Waals surface area contributed by atoms with Gasteiger partial charge in [-0.15, -0.1) is 0 Å². The average Bonchev–Trinajstić information content (AvgIpc) is 2.77. The summed E-state index contributed by atoms with van der Waals surface area (Å²) in [5, 5.41) is 1.33. The summed E-state index contributed by atoms with van der Waals surface area (Å²) in [5.41, 5.74) is 10.4. The molecule has 0 radical (unpaired) electrons. The van der Waals surface area contributed by atoms with E-state index in [0.29, 0.717) is 0 Å². The van der Waals surface area contributed by atoms with Crippen LogP contribution in [0, 0.1) is 6.92 Å². The molecule has 0 amide bonds. The maximum Gasteiger partial charge on any atom is 0.0486 e. The predicted octanol–water partition coefficient (Wildman–Crippen LogP) is 3.58. The molecule has 0 saturated heterocycles. The molecule has 0 aliphatic rings. The quantitative estimate of drug-likeness (QED) is 0.677. The Morgan fingerprint density at radius 1 is 1.00 bits per heavy atom. The van der Waals surface area contributed by atoms with Gasteiger partial charge in [-0.05, 0) is 42.3 Å². The van der Waals surface area contributed by atoms with Gasteiger partial charge < -0.3 is 10.3 Å². The second kappa shape index (κ2) is 4.22. The van der Waals surface area contributed by atoms with E-state index in [4.69, 9.17) is 5.73 Å². The summed E-state index contributed by atoms with van der Waals surface area (Å²) in [6.45, 7) is 3.03. The maximum absolute atomic E-state index is 5.70. The Kier molecular flexibility index (Phi) is 2.56. The van der Waals surface area contributed by atoms with Crippen molar-refractivity contribution in [2.75, 3.05) is 5.73 Å². The molecule has 2 aromatic carbocycles. The number of hydrogen-bond acceptors (Lipinski definition) is 1. The normalized spacial score (nSPS) is 10.9. The lowest BCUT2D eigenvalue weighted by atomic mass is 10.1. The smallest absolute Gasteiger partial charge is 0.0486 e. The number of fused-ring (bicyclic) bond motifs is 1. The Hall–Kier alpha value is -2.22. The summed E-state index contributed by atoms with van der Waals surface area (Å²) in [7, 11) is 0. The summed E-state index contributed by atoms with van der Waals surface area (Å²) in [6, 6.07) is 16.7. The zero-order chi connectivity index (χ0) is 12.5. The molecule has 0 aliphatic carbocycles. The van der Waals surface area contributed by atoms with Crippen LogP contribution >= 0.6 is 0 Å². The number of nitrogens with two attached hydrogens (primary N) is 1. The third-order valence-corrected chi connectivity index (χ3v) is 3.36. The van der Waals surface area contributed by atoms with Crippen molar-refractivity contribution < 1.29 is 0 Å². The largest absolute Gasteiger partial charge is 0.399 e. The van der Waals surface area contributed by atoms with Gasteiger partial charge in [0.25, 0.3) is 0 Å². The number of anilines is 1. The number of hydrogen-bond donors (Lipinski definition) is 1. The molecule has 0 saturated carbocycles. The van der Waals surface area contributed by atoms with E-state index in [1.165, 1.54) is 22.0 Å². The summed E-state index contributed by atoms with van der Waals surface area (Å²) in [6.07, 6.45) is 2.15. The number of nitrogen functional groups attached to an aromatic ring is 1. The van der Waals surface area contributed by atoms with Gasteiger partial charge in [-0.2, -0.15) is 0 Å². The van der Waals surface area contributed by atoms with Gasteiger partial charge in [-0.1, -0.05) is 24.3 Å². The van der Waals surface area contributed by atoms with E-state index in [0.717, 1.165) is 12.2 Å². The molecule has 0 unspecified atom stereocenters. The van der Waals surface area contributed by atoms with Crippen molar-refractivity contribution in [2.24, 2.45) is 0 Å². The predicted molar refractivity (Wildman–Crippen MR) is 76.6 cm³/mol. The topological polar surface area (TPSA) is 30.9 Å². The van der Waals surface area contributed by atoms with Crippen molar-refractivity contribution in [3.05, 3.63) is 65.9 Å². The summed E-state index contributed by atoms with van der Waals surface area (Å²) in [4.78, 5) is 0. The van der Waals surface area contributed by atoms with E-state index >= 15 is 0 Å². The second-order valence-corrected chi connectivity index (χ2v) is 4.69. The van der Waals surface area contributed by atoms with Crippen molar-refractivity contribution in [1.82, 2.24) is 4.57 Å². The highest BCUT2D eigenvalue weighted by Gasteiger charge is 2.03. The molecule has 1 aromatic heterocycles. The van der Waals surface area contributed by atoms with Gasteiger partial charge in [-0.25, -0.2) is 0 Å². The standard InChI is InChI=1S/C16H16N2/c1-12-3-2-4-16-15(12)9-10-18(16)11-13-5-7-14(17)8-6-13/h2-10H,11,17H2,1H3. The van der Waals surface area contributed by atoms with Crippen LogP contribution in [0.4, 0.5) is 5.69 Å². The molecule has 0 spiro atoms. The number of rotatable bonds is 2. The van der Waals surface area contributed by atoms with Crippen molar-refractivity contribution >= 4 is 16.6 Å². The van der Waals surface area contributed by atoms with Gasteiger partial charge in [0, 0.05) is 29.3 Å². The number of nitrogens with zero attached hydrogens (tertiary/aromatic N) is 1. The van der Waals surface area contributed by atoms with Crippen molar-refractivity contribution in [1.29, 1.82) is 0 Å². The Balaban J connectivity index is 2.00. The first-order chi connectivity index (χ1) is 8.74. The molecule has 3 rings (SSSR count). The zero-order valence-corrected chi connectivity index (χ0v) is 10.4. The molecule has 0 atom stereocenters. The van der Waals surface area contributed by atoms with Gasteiger partial charge in [0.1, 0.15) is 0 Å². The summed E-state index contributed by atoms with van der Waals surface area (Å²) in [5.74, 6) is 0. The van der Waals surface area contributed by atoms with Gasteiger partial charge in [0.2, 0.25) is 0 Å². The van der Waals surface area contributed by atoms with Crippen LogP contribution in [0.5, 0.6) is 0 Å². The lowest BCUT2D eigenvalue weighted by Gasteiger charge is -2.06. The molecule has 2 heteroatoms. The summed E-state index contributed by atoms with van der Waals surface area (Å²) < 4.78 is 2.27. The second-order valence-electron chi connectivity index (χ2n) is 4.69. The first-order valence-corrected chi connectivity index (χ1v) is 6.13. The van der Waals surface area contributed by atoms with Crippen LogP contribution in [0.2, 0.25) is 0 Å². The highest BCUT2D eigenvalue weighted by atomic mass is 14.9. The number of benzene rings is 2. The number of aryl methyl sites for hydroxylation is 1. The molecule has 3 aromatic rings. The van der Waals surface area contributed by atoms with Gasteiger partial charge in [-0.3, -0.25) is 0 Å². The van der Waals surface area contributed by atoms with Crippen LogP contribution in [-0.4, -0.2) is 4.57 Å². The highest BCUT2D eigenvalue weighted by Crippen LogP contribution is 2.20. The minimum atomic E-state index is 0.812. The van der Waals surface area contributed by atoms with Crippen LogP contribution in [0.15, 0.2) is 54.7 Å². The van der Waals surface area contributed by atoms with Crippen molar-refractivity contribution in [2.45, 2.75) is 13.5 Å². The average molecular weight is 236 g/mol. The molecule has 0 aliphatic heterocycles. The molecule has 1 heterocycles. The fourth-order valence-corrected chi connectivity index (χ4v) is 2.33. The molecule has 18 heavy (non-hydrogen) atoms. The van der Waals surface area contributed by atoms with E-state index in [1.807, 2.05) is 12.1 Å². The van der Waals surface area contributed by atoms with Crippen LogP contribution in [0.1, 0.15) is 11.1 Å². The van der Waals surface area contributed by atoms with Gasteiger partial charge in [0.05, 0.1) is 0 Å². The van der Waals surface area contributed by atoms with E-state index in [9.17, 15) is 0 Å². The van der Waals surface area contributed by atoms with Crippen LogP contribution < -0.4 is 5.73 Å². The summed E-state index contributed by atoms with van der Waals surface area (Å²) >= 11 is 0. The molecular weight excluding hydrogens is 220 g/mol. The van der Waals surface area contributed by atoms with Gasteiger partial charge >= 0.3 is 0 Å². The monoisotopic (exact) mass is 236 g/mol. The van der Waals surface area contributed by atoms with Crippen LogP contribution in [-0.2, 0) is 6.54 Å². The molecule has 90 valence electrons. The first-order valence-electron chi connectivity index (χ1n) is 6.13. The van der Waals surface area contributed by atoms with E-state index in [-0.39, 0.29) is 0 Å². The highest BCUT2D eigenvalue weighted by molar-refractivity contribution is 5.83. The van der Waals surface area contributed by atoms with Crippen LogP contribution in [0.25, 0.3) is 10.9 Å². The van der Waals surface area contributed by atoms with Crippen molar-refractivity contribution in [3.63, 3.8) is 0 Å². The Morgan fingerprint density at radius 3 is 2.56 bits per heavy atom. The Bertz CT molecular complexity index is 678.